The monoisotopic (exact) mass is 357 g/mol. The molecule has 1 aromatic carbocycles. The summed E-state index contributed by atoms with van der Waals surface area (Å²) in [7, 11) is 0. The van der Waals surface area contributed by atoms with Crippen LogP contribution in [0.2, 0.25) is 10.0 Å². The van der Waals surface area contributed by atoms with Crippen LogP contribution in [0.5, 0.6) is 0 Å². The summed E-state index contributed by atoms with van der Waals surface area (Å²) in [6.45, 7) is 2.50. The molecule has 0 spiro atoms. The highest BCUT2D eigenvalue weighted by molar-refractivity contribution is 6.33. The molecule has 3 heterocycles. The SMILES string of the molecule is Cc1cn2cnc(-c3cnn(Cc4cc(Cl)ccc4Cl)c3)cc2n1. The van der Waals surface area contributed by atoms with E-state index in [1.165, 1.54) is 0 Å². The lowest BCUT2D eigenvalue weighted by molar-refractivity contribution is 0.687. The molecule has 0 amide bonds. The van der Waals surface area contributed by atoms with Crippen molar-refractivity contribution in [3.05, 3.63) is 70.5 Å². The van der Waals surface area contributed by atoms with Gasteiger partial charge in [-0.2, -0.15) is 5.10 Å². The third-order valence-corrected chi connectivity index (χ3v) is 4.34. The van der Waals surface area contributed by atoms with E-state index in [4.69, 9.17) is 23.2 Å². The van der Waals surface area contributed by atoms with Gasteiger partial charge >= 0.3 is 0 Å². The second-order valence-corrected chi connectivity index (χ2v) is 6.43. The standard InChI is InChI=1S/C17H13Cl2N5/c1-11-7-23-10-20-16(5-17(23)22-11)13-6-21-24(9-13)8-12-4-14(18)2-3-15(12)19/h2-7,9-10H,8H2,1H3. The predicted octanol–water partition coefficient (Wildman–Crippen LogP) is 4.26. The Kier molecular flexibility index (Phi) is 3.75. The molecule has 24 heavy (non-hydrogen) atoms. The molecule has 0 saturated carbocycles. The first-order chi connectivity index (χ1) is 11.6. The highest BCUT2D eigenvalue weighted by atomic mass is 35.5. The molecule has 0 N–H and O–H groups in total. The molecule has 0 aliphatic carbocycles. The van der Waals surface area contributed by atoms with Gasteiger partial charge in [-0.25, -0.2) is 9.97 Å². The lowest BCUT2D eigenvalue weighted by Gasteiger charge is -2.05. The Morgan fingerprint density at radius 2 is 2.00 bits per heavy atom. The minimum absolute atomic E-state index is 0.546. The molecule has 120 valence electrons. The van der Waals surface area contributed by atoms with E-state index < -0.39 is 0 Å². The molecule has 0 bridgehead atoms. The summed E-state index contributed by atoms with van der Waals surface area (Å²) >= 11 is 12.2. The van der Waals surface area contributed by atoms with Gasteiger partial charge in [-0.3, -0.25) is 9.08 Å². The average Bonchev–Trinajstić information content (AvgIpc) is 3.15. The van der Waals surface area contributed by atoms with E-state index in [9.17, 15) is 0 Å². The lowest BCUT2D eigenvalue weighted by Crippen LogP contribution is -2.00. The molecule has 0 unspecified atom stereocenters. The molecule has 0 saturated heterocycles. The third kappa shape index (κ3) is 2.88. The van der Waals surface area contributed by atoms with Gasteiger partial charge in [0.2, 0.25) is 0 Å². The molecule has 4 aromatic rings. The first-order valence-corrected chi connectivity index (χ1v) is 8.12. The number of imidazole rings is 1. The minimum atomic E-state index is 0.546. The van der Waals surface area contributed by atoms with Gasteiger partial charge in [-0.05, 0) is 30.7 Å². The first kappa shape index (κ1) is 15.2. The topological polar surface area (TPSA) is 48.0 Å². The Bertz CT molecular complexity index is 1030. The summed E-state index contributed by atoms with van der Waals surface area (Å²) < 4.78 is 3.71. The van der Waals surface area contributed by atoms with Gasteiger partial charge in [-0.1, -0.05) is 23.2 Å². The molecule has 0 aliphatic heterocycles. The lowest BCUT2D eigenvalue weighted by atomic mass is 10.2. The van der Waals surface area contributed by atoms with Crippen LogP contribution in [0.25, 0.3) is 16.9 Å². The van der Waals surface area contributed by atoms with Crippen LogP contribution in [0.4, 0.5) is 0 Å². The fourth-order valence-electron chi connectivity index (χ4n) is 2.60. The van der Waals surface area contributed by atoms with E-state index in [1.807, 2.05) is 40.5 Å². The number of rotatable bonds is 3. The number of nitrogens with zero attached hydrogens (tertiary/aromatic N) is 5. The molecule has 0 aliphatic rings. The Balaban J connectivity index is 1.64. The molecular weight excluding hydrogens is 345 g/mol. The van der Waals surface area contributed by atoms with E-state index in [2.05, 4.69) is 15.1 Å². The van der Waals surface area contributed by atoms with Crippen molar-refractivity contribution in [3.63, 3.8) is 0 Å². The van der Waals surface area contributed by atoms with E-state index in [1.54, 1.807) is 24.7 Å². The van der Waals surface area contributed by atoms with Gasteiger partial charge < -0.3 is 0 Å². The van der Waals surface area contributed by atoms with Crippen LogP contribution < -0.4 is 0 Å². The molecule has 7 heteroatoms. The number of aryl methyl sites for hydroxylation is 1. The van der Waals surface area contributed by atoms with Crippen LogP contribution in [-0.4, -0.2) is 24.1 Å². The maximum Gasteiger partial charge on any atom is 0.140 e. The summed E-state index contributed by atoms with van der Waals surface area (Å²) in [5.74, 6) is 0. The van der Waals surface area contributed by atoms with E-state index in [-0.39, 0.29) is 0 Å². The Hall–Kier alpha value is -2.37. The maximum absolute atomic E-state index is 6.21. The van der Waals surface area contributed by atoms with Crippen molar-refractivity contribution < 1.29 is 0 Å². The molecular formula is C17H13Cl2N5. The van der Waals surface area contributed by atoms with Gasteiger partial charge in [0.1, 0.15) is 12.0 Å². The molecule has 4 rings (SSSR count). The molecule has 0 radical (unpaired) electrons. The maximum atomic E-state index is 6.21. The van der Waals surface area contributed by atoms with E-state index in [0.717, 1.165) is 28.2 Å². The smallest absolute Gasteiger partial charge is 0.140 e. The highest BCUT2D eigenvalue weighted by Crippen LogP contribution is 2.23. The summed E-state index contributed by atoms with van der Waals surface area (Å²) in [5.41, 5.74) is 4.50. The van der Waals surface area contributed by atoms with Crippen LogP contribution in [0.1, 0.15) is 11.3 Å². The van der Waals surface area contributed by atoms with Crippen molar-refractivity contribution in [2.75, 3.05) is 0 Å². The molecule has 0 atom stereocenters. The minimum Gasteiger partial charge on any atom is -0.290 e. The largest absolute Gasteiger partial charge is 0.290 e. The van der Waals surface area contributed by atoms with Crippen molar-refractivity contribution >= 4 is 28.8 Å². The Morgan fingerprint density at radius 3 is 2.88 bits per heavy atom. The number of aromatic nitrogens is 5. The normalized spacial score (nSPS) is 11.3. The summed E-state index contributed by atoms with van der Waals surface area (Å²) in [6, 6.07) is 7.36. The zero-order chi connectivity index (χ0) is 16.7. The number of hydrogen-bond acceptors (Lipinski definition) is 3. The van der Waals surface area contributed by atoms with E-state index >= 15 is 0 Å². The number of fused-ring (bicyclic) bond motifs is 1. The summed E-state index contributed by atoms with van der Waals surface area (Å²) in [5, 5.41) is 5.72. The zero-order valence-electron chi connectivity index (χ0n) is 12.8. The van der Waals surface area contributed by atoms with Gasteiger partial charge in [0.25, 0.3) is 0 Å². The van der Waals surface area contributed by atoms with Crippen LogP contribution >= 0.6 is 23.2 Å². The summed E-state index contributed by atoms with van der Waals surface area (Å²) in [6.07, 6.45) is 7.42. The van der Waals surface area contributed by atoms with Crippen LogP contribution in [0.3, 0.4) is 0 Å². The Morgan fingerprint density at radius 1 is 1.12 bits per heavy atom. The Labute approximate surface area is 148 Å². The fraction of sp³-hybridized carbons (Fsp3) is 0.118. The van der Waals surface area contributed by atoms with Crippen LogP contribution in [0, 0.1) is 6.92 Å². The van der Waals surface area contributed by atoms with Gasteiger partial charge in [0.05, 0.1) is 24.1 Å². The van der Waals surface area contributed by atoms with Crippen molar-refractivity contribution in [3.8, 4) is 11.3 Å². The molecule has 3 aromatic heterocycles. The molecule has 5 nitrogen and oxygen atoms in total. The van der Waals surface area contributed by atoms with E-state index in [0.29, 0.717) is 16.6 Å². The van der Waals surface area contributed by atoms with Gasteiger partial charge in [-0.15, -0.1) is 0 Å². The second kappa shape index (κ2) is 5.92. The molecule has 0 fully saturated rings. The second-order valence-electron chi connectivity index (χ2n) is 5.58. The first-order valence-electron chi connectivity index (χ1n) is 7.36. The predicted molar refractivity (Wildman–Crippen MR) is 94.5 cm³/mol. The number of benzene rings is 1. The third-order valence-electron chi connectivity index (χ3n) is 3.74. The van der Waals surface area contributed by atoms with Crippen molar-refractivity contribution in [1.82, 2.24) is 24.1 Å². The van der Waals surface area contributed by atoms with Crippen LogP contribution in [0.15, 0.2) is 49.2 Å². The number of hydrogen-bond donors (Lipinski definition) is 0. The van der Waals surface area contributed by atoms with Gasteiger partial charge in [0, 0.05) is 34.1 Å². The highest BCUT2D eigenvalue weighted by Gasteiger charge is 2.08. The van der Waals surface area contributed by atoms with Gasteiger partial charge in [0.15, 0.2) is 0 Å². The fourth-order valence-corrected chi connectivity index (χ4v) is 2.97. The average molecular weight is 358 g/mol. The van der Waals surface area contributed by atoms with Crippen molar-refractivity contribution in [2.24, 2.45) is 0 Å². The van der Waals surface area contributed by atoms with Crippen molar-refractivity contribution in [2.45, 2.75) is 13.5 Å². The van der Waals surface area contributed by atoms with Crippen molar-refractivity contribution in [1.29, 1.82) is 0 Å². The van der Waals surface area contributed by atoms with Crippen LogP contribution in [-0.2, 0) is 6.54 Å². The quantitative estimate of drug-likeness (QED) is 0.550. The summed E-state index contributed by atoms with van der Waals surface area (Å²) in [4.78, 5) is 8.92. The number of halogens is 2. The zero-order valence-corrected chi connectivity index (χ0v) is 14.3.